The van der Waals surface area contributed by atoms with Crippen molar-refractivity contribution in [2.24, 2.45) is 5.92 Å². The first-order valence-electron chi connectivity index (χ1n) is 6.43. The summed E-state index contributed by atoms with van der Waals surface area (Å²) in [5.74, 6) is -1.96. The third-order valence-corrected chi connectivity index (χ3v) is 2.81. The number of aliphatic carboxylic acids is 1. The summed E-state index contributed by atoms with van der Waals surface area (Å²) in [7, 11) is 1.43. The number of nitrogens with zero attached hydrogens (tertiary/aromatic N) is 2. The maximum Gasteiger partial charge on any atom is 0.305 e. The van der Waals surface area contributed by atoms with Gasteiger partial charge >= 0.3 is 5.97 Å². The molecule has 0 aliphatic carbocycles. The number of carboxylic acids is 1. The zero-order chi connectivity index (χ0) is 15.3. The van der Waals surface area contributed by atoms with Gasteiger partial charge in [0.15, 0.2) is 11.5 Å². The maximum atomic E-state index is 14.2. The molecule has 6 heteroatoms. The van der Waals surface area contributed by atoms with E-state index in [1.807, 2.05) is 13.8 Å². The summed E-state index contributed by atoms with van der Waals surface area (Å²) in [6, 6.07) is 1.56. The van der Waals surface area contributed by atoms with Crippen molar-refractivity contribution in [3.8, 4) is 0 Å². The number of pyridine rings is 1. The van der Waals surface area contributed by atoms with Gasteiger partial charge in [-0.1, -0.05) is 13.8 Å². The Labute approximate surface area is 117 Å². The standard InChI is InChI=1S/C14H19FN2O3/c1-9(2)8-10-4-6-16-13(12(10)15)14(20)17(3)7-5-11(18)19/h4,6,9H,5,7-8H2,1-3H3,(H,18,19). The normalized spacial score (nSPS) is 10.7. The Balaban J connectivity index is 2.90. The van der Waals surface area contributed by atoms with Crippen LogP contribution in [0, 0.1) is 11.7 Å². The second-order valence-corrected chi connectivity index (χ2v) is 5.10. The van der Waals surface area contributed by atoms with Crippen LogP contribution >= 0.6 is 0 Å². The molecule has 0 saturated heterocycles. The minimum Gasteiger partial charge on any atom is -0.481 e. The van der Waals surface area contributed by atoms with Crippen molar-refractivity contribution in [2.45, 2.75) is 26.7 Å². The monoisotopic (exact) mass is 282 g/mol. The molecule has 0 atom stereocenters. The molecular formula is C14H19FN2O3. The molecule has 0 aliphatic heterocycles. The average molecular weight is 282 g/mol. The van der Waals surface area contributed by atoms with Crippen molar-refractivity contribution in [1.29, 1.82) is 0 Å². The zero-order valence-electron chi connectivity index (χ0n) is 11.9. The van der Waals surface area contributed by atoms with E-state index >= 15 is 0 Å². The number of amides is 1. The van der Waals surface area contributed by atoms with Crippen molar-refractivity contribution in [3.05, 3.63) is 29.3 Å². The first-order chi connectivity index (χ1) is 9.32. The molecule has 1 aromatic rings. The van der Waals surface area contributed by atoms with Crippen LogP contribution in [0.4, 0.5) is 4.39 Å². The highest BCUT2D eigenvalue weighted by Crippen LogP contribution is 2.16. The van der Waals surface area contributed by atoms with Crippen molar-refractivity contribution >= 4 is 11.9 Å². The van der Waals surface area contributed by atoms with Gasteiger partial charge in [0.05, 0.1) is 6.42 Å². The summed E-state index contributed by atoms with van der Waals surface area (Å²) in [4.78, 5) is 27.5. The lowest BCUT2D eigenvalue weighted by Gasteiger charge is -2.16. The van der Waals surface area contributed by atoms with Gasteiger partial charge in [-0.3, -0.25) is 9.59 Å². The number of carbonyl (C=O) groups is 2. The van der Waals surface area contributed by atoms with E-state index in [1.54, 1.807) is 6.07 Å². The van der Waals surface area contributed by atoms with Crippen LogP contribution in [-0.4, -0.2) is 40.5 Å². The fourth-order valence-corrected chi connectivity index (χ4v) is 1.78. The number of hydrogen-bond acceptors (Lipinski definition) is 3. The summed E-state index contributed by atoms with van der Waals surface area (Å²) in [6.45, 7) is 3.93. The Morgan fingerprint density at radius 1 is 1.45 bits per heavy atom. The lowest BCUT2D eigenvalue weighted by molar-refractivity contribution is -0.137. The predicted octanol–water partition coefficient (Wildman–Crippen LogP) is 1.97. The average Bonchev–Trinajstić information content (AvgIpc) is 2.37. The number of halogens is 1. The Morgan fingerprint density at radius 2 is 2.10 bits per heavy atom. The molecular weight excluding hydrogens is 263 g/mol. The Kier molecular flexibility index (Phi) is 5.61. The van der Waals surface area contributed by atoms with E-state index in [2.05, 4.69) is 4.98 Å². The number of aromatic nitrogens is 1. The van der Waals surface area contributed by atoms with E-state index in [0.29, 0.717) is 12.0 Å². The molecule has 1 heterocycles. The van der Waals surface area contributed by atoms with Crippen LogP contribution in [0.15, 0.2) is 12.3 Å². The Hall–Kier alpha value is -1.98. The fraction of sp³-hybridized carbons (Fsp3) is 0.500. The van der Waals surface area contributed by atoms with Gasteiger partial charge in [-0.25, -0.2) is 9.37 Å². The second-order valence-electron chi connectivity index (χ2n) is 5.10. The van der Waals surface area contributed by atoms with Crippen LogP contribution in [0.25, 0.3) is 0 Å². The highest BCUT2D eigenvalue weighted by Gasteiger charge is 2.20. The summed E-state index contributed by atoms with van der Waals surface area (Å²) in [5.41, 5.74) is 0.195. The van der Waals surface area contributed by atoms with Crippen molar-refractivity contribution < 1.29 is 19.1 Å². The predicted molar refractivity (Wildman–Crippen MR) is 72.0 cm³/mol. The van der Waals surface area contributed by atoms with E-state index in [4.69, 9.17) is 5.11 Å². The molecule has 110 valence electrons. The number of hydrogen-bond donors (Lipinski definition) is 1. The van der Waals surface area contributed by atoms with E-state index in [-0.39, 0.29) is 24.6 Å². The number of carboxylic acid groups (broad SMARTS) is 1. The third-order valence-electron chi connectivity index (χ3n) is 2.81. The summed E-state index contributed by atoms with van der Waals surface area (Å²) in [6.07, 6.45) is 1.74. The minimum atomic E-state index is -1.01. The topological polar surface area (TPSA) is 70.5 Å². The lowest BCUT2D eigenvalue weighted by Crippen LogP contribution is -2.30. The SMILES string of the molecule is CC(C)Cc1ccnc(C(=O)N(C)CCC(=O)O)c1F. The van der Waals surface area contributed by atoms with Gasteiger partial charge < -0.3 is 10.0 Å². The largest absolute Gasteiger partial charge is 0.481 e. The number of rotatable bonds is 6. The van der Waals surface area contributed by atoms with Crippen LogP contribution in [0.5, 0.6) is 0 Å². The molecule has 0 aliphatic rings. The highest BCUT2D eigenvalue weighted by molar-refractivity contribution is 5.92. The molecule has 1 aromatic heterocycles. The maximum absolute atomic E-state index is 14.2. The molecule has 0 bridgehead atoms. The van der Waals surface area contributed by atoms with Crippen LogP contribution in [-0.2, 0) is 11.2 Å². The number of carbonyl (C=O) groups excluding carboxylic acids is 1. The summed E-state index contributed by atoms with van der Waals surface area (Å²) in [5, 5.41) is 8.58. The van der Waals surface area contributed by atoms with Crippen molar-refractivity contribution in [1.82, 2.24) is 9.88 Å². The van der Waals surface area contributed by atoms with Crippen molar-refractivity contribution in [3.63, 3.8) is 0 Å². The van der Waals surface area contributed by atoms with Crippen LogP contribution in [0.3, 0.4) is 0 Å². The van der Waals surface area contributed by atoms with Gasteiger partial charge in [0.2, 0.25) is 0 Å². The van der Waals surface area contributed by atoms with E-state index in [1.165, 1.54) is 18.1 Å². The van der Waals surface area contributed by atoms with Crippen LogP contribution in [0.2, 0.25) is 0 Å². The molecule has 20 heavy (non-hydrogen) atoms. The molecule has 0 unspecified atom stereocenters. The summed E-state index contributed by atoms with van der Waals surface area (Å²) < 4.78 is 14.2. The summed E-state index contributed by atoms with van der Waals surface area (Å²) >= 11 is 0. The molecule has 1 rings (SSSR count). The molecule has 1 amide bonds. The first-order valence-corrected chi connectivity index (χ1v) is 6.43. The molecule has 0 saturated carbocycles. The second kappa shape index (κ2) is 6.98. The molecule has 0 aromatic carbocycles. The van der Waals surface area contributed by atoms with Gasteiger partial charge in [0.25, 0.3) is 5.91 Å². The van der Waals surface area contributed by atoms with Gasteiger partial charge in [0, 0.05) is 19.8 Å². The van der Waals surface area contributed by atoms with Gasteiger partial charge in [-0.05, 0) is 24.0 Å². The quantitative estimate of drug-likeness (QED) is 0.866. The Morgan fingerprint density at radius 3 is 2.65 bits per heavy atom. The molecule has 0 spiro atoms. The van der Waals surface area contributed by atoms with Gasteiger partial charge in [0.1, 0.15) is 0 Å². The molecule has 0 fully saturated rings. The van der Waals surface area contributed by atoms with Crippen LogP contribution < -0.4 is 0 Å². The highest BCUT2D eigenvalue weighted by atomic mass is 19.1. The molecule has 1 N–H and O–H groups in total. The zero-order valence-corrected chi connectivity index (χ0v) is 11.9. The fourth-order valence-electron chi connectivity index (χ4n) is 1.78. The van der Waals surface area contributed by atoms with E-state index < -0.39 is 17.7 Å². The molecule has 5 nitrogen and oxygen atoms in total. The van der Waals surface area contributed by atoms with E-state index in [0.717, 1.165) is 0 Å². The van der Waals surface area contributed by atoms with E-state index in [9.17, 15) is 14.0 Å². The van der Waals surface area contributed by atoms with Crippen LogP contribution in [0.1, 0.15) is 36.3 Å². The molecule has 0 radical (unpaired) electrons. The van der Waals surface area contributed by atoms with Gasteiger partial charge in [-0.15, -0.1) is 0 Å². The van der Waals surface area contributed by atoms with Crippen molar-refractivity contribution in [2.75, 3.05) is 13.6 Å². The first kappa shape index (κ1) is 16.1. The minimum absolute atomic E-state index is 0.0176. The van der Waals surface area contributed by atoms with Gasteiger partial charge in [-0.2, -0.15) is 0 Å². The Bertz CT molecular complexity index is 503. The smallest absolute Gasteiger partial charge is 0.305 e. The lowest BCUT2D eigenvalue weighted by atomic mass is 10.0. The third kappa shape index (κ3) is 4.29.